The van der Waals surface area contributed by atoms with Gasteiger partial charge in [-0.1, -0.05) is 29.8 Å². The van der Waals surface area contributed by atoms with E-state index in [4.69, 9.17) is 0 Å². The standard InChI is InChI=1S/C11H17N/c1-9-6-5-7-11(8-9)10(2)12(3)4/h5-8,10H,1-4H3/t10-/m1/s1. The van der Waals surface area contributed by atoms with Crippen molar-refractivity contribution in [2.75, 3.05) is 14.1 Å². The van der Waals surface area contributed by atoms with Crippen molar-refractivity contribution in [1.29, 1.82) is 0 Å². The summed E-state index contributed by atoms with van der Waals surface area (Å²) in [5.74, 6) is 0. The predicted molar refractivity (Wildman–Crippen MR) is 53.3 cm³/mol. The van der Waals surface area contributed by atoms with Gasteiger partial charge in [-0.3, -0.25) is 0 Å². The maximum Gasteiger partial charge on any atom is 0.0313 e. The Hall–Kier alpha value is -0.820. The number of benzene rings is 1. The van der Waals surface area contributed by atoms with Gasteiger partial charge < -0.3 is 4.90 Å². The summed E-state index contributed by atoms with van der Waals surface area (Å²) in [5.41, 5.74) is 2.72. The van der Waals surface area contributed by atoms with Crippen LogP contribution in [-0.4, -0.2) is 19.0 Å². The van der Waals surface area contributed by atoms with Crippen molar-refractivity contribution >= 4 is 0 Å². The van der Waals surface area contributed by atoms with Crippen LogP contribution in [0.3, 0.4) is 0 Å². The lowest BCUT2D eigenvalue weighted by Gasteiger charge is -2.20. The Labute approximate surface area is 75.0 Å². The van der Waals surface area contributed by atoms with Crippen LogP contribution in [0, 0.1) is 6.92 Å². The minimum absolute atomic E-state index is 0.505. The van der Waals surface area contributed by atoms with Crippen LogP contribution in [0.2, 0.25) is 0 Å². The third kappa shape index (κ3) is 2.08. The molecule has 0 aliphatic heterocycles. The lowest BCUT2D eigenvalue weighted by molar-refractivity contribution is 0.321. The van der Waals surface area contributed by atoms with Crippen molar-refractivity contribution < 1.29 is 0 Å². The molecule has 0 aromatic heterocycles. The highest BCUT2D eigenvalue weighted by atomic mass is 15.1. The van der Waals surface area contributed by atoms with Gasteiger partial charge in [0.05, 0.1) is 0 Å². The molecule has 0 fully saturated rings. The largest absolute Gasteiger partial charge is 0.303 e. The van der Waals surface area contributed by atoms with Gasteiger partial charge in [0.25, 0.3) is 0 Å². The Balaban J connectivity index is 2.88. The van der Waals surface area contributed by atoms with Crippen molar-refractivity contribution in [3.05, 3.63) is 35.4 Å². The van der Waals surface area contributed by atoms with Gasteiger partial charge in [-0.15, -0.1) is 0 Å². The van der Waals surface area contributed by atoms with E-state index < -0.39 is 0 Å². The van der Waals surface area contributed by atoms with Crippen LogP contribution in [0.4, 0.5) is 0 Å². The van der Waals surface area contributed by atoms with E-state index >= 15 is 0 Å². The topological polar surface area (TPSA) is 3.24 Å². The maximum atomic E-state index is 2.24. The fourth-order valence-electron chi connectivity index (χ4n) is 1.23. The zero-order chi connectivity index (χ0) is 9.14. The average molecular weight is 163 g/mol. The molecular formula is C11H17N. The fraction of sp³-hybridized carbons (Fsp3) is 0.455. The second kappa shape index (κ2) is 3.72. The molecule has 66 valence electrons. The summed E-state index contributed by atoms with van der Waals surface area (Å²) in [5, 5.41) is 0. The highest BCUT2D eigenvalue weighted by Gasteiger charge is 2.06. The van der Waals surface area contributed by atoms with Crippen molar-refractivity contribution in [2.24, 2.45) is 0 Å². The van der Waals surface area contributed by atoms with E-state index in [1.165, 1.54) is 11.1 Å². The van der Waals surface area contributed by atoms with E-state index in [2.05, 4.69) is 57.1 Å². The molecule has 1 rings (SSSR count). The smallest absolute Gasteiger partial charge is 0.0313 e. The van der Waals surface area contributed by atoms with Gasteiger partial charge in [0.1, 0.15) is 0 Å². The number of aryl methyl sites for hydroxylation is 1. The van der Waals surface area contributed by atoms with Gasteiger partial charge in [-0.2, -0.15) is 0 Å². The summed E-state index contributed by atoms with van der Waals surface area (Å²) in [6, 6.07) is 9.17. The Bertz CT molecular complexity index is 253. The summed E-state index contributed by atoms with van der Waals surface area (Å²) >= 11 is 0. The first-order valence-corrected chi connectivity index (χ1v) is 4.34. The van der Waals surface area contributed by atoms with E-state index in [0.29, 0.717) is 6.04 Å². The van der Waals surface area contributed by atoms with Crippen LogP contribution in [-0.2, 0) is 0 Å². The Morgan fingerprint density at radius 3 is 2.42 bits per heavy atom. The van der Waals surface area contributed by atoms with E-state index in [9.17, 15) is 0 Å². The number of hydrogen-bond donors (Lipinski definition) is 0. The Morgan fingerprint density at radius 2 is 1.92 bits per heavy atom. The van der Waals surface area contributed by atoms with Crippen molar-refractivity contribution in [2.45, 2.75) is 19.9 Å². The highest BCUT2D eigenvalue weighted by Crippen LogP contribution is 2.17. The van der Waals surface area contributed by atoms with Gasteiger partial charge >= 0.3 is 0 Å². The van der Waals surface area contributed by atoms with Gasteiger partial charge in [0.15, 0.2) is 0 Å². The molecule has 12 heavy (non-hydrogen) atoms. The molecule has 0 saturated heterocycles. The molecule has 0 aliphatic rings. The molecule has 0 spiro atoms. The molecule has 0 N–H and O–H groups in total. The summed E-state index contributed by atoms with van der Waals surface area (Å²) < 4.78 is 0. The van der Waals surface area contributed by atoms with Crippen LogP contribution >= 0.6 is 0 Å². The molecule has 0 amide bonds. The van der Waals surface area contributed by atoms with Gasteiger partial charge in [0, 0.05) is 6.04 Å². The molecule has 0 heterocycles. The molecule has 0 bridgehead atoms. The predicted octanol–water partition coefficient (Wildman–Crippen LogP) is 2.62. The minimum Gasteiger partial charge on any atom is -0.303 e. The summed E-state index contributed by atoms with van der Waals surface area (Å²) in [6.45, 7) is 4.35. The molecule has 1 atom stereocenters. The molecule has 1 nitrogen and oxygen atoms in total. The molecule has 1 heteroatoms. The SMILES string of the molecule is Cc1cccc([C@@H](C)N(C)C)c1. The summed E-state index contributed by atoms with van der Waals surface area (Å²) in [4.78, 5) is 2.22. The summed E-state index contributed by atoms with van der Waals surface area (Å²) in [6.07, 6.45) is 0. The first-order valence-electron chi connectivity index (χ1n) is 4.34. The monoisotopic (exact) mass is 163 g/mol. The van der Waals surface area contributed by atoms with Gasteiger partial charge in [-0.25, -0.2) is 0 Å². The minimum atomic E-state index is 0.505. The zero-order valence-electron chi connectivity index (χ0n) is 8.33. The third-order valence-corrected chi connectivity index (χ3v) is 2.30. The van der Waals surface area contributed by atoms with Crippen LogP contribution < -0.4 is 0 Å². The second-order valence-electron chi connectivity index (χ2n) is 3.55. The molecular weight excluding hydrogens is 146 g/mol. The molecule has 1 aromatic carbocycles. The maximum absolute atomic E-state index is 2.24. The number of nitrogens with zero attached hydrogens (tertiary/aromatic N) is 1. The van der Waals surface area contributed by atoms with Crippen molar-refractivity contribution in [1.82, 2.24) is 4.90 Å². The van der Waals surface area contributed by atoms with Crippen LogP contribution in [0.15, 0.2) is 24.3 Å². The Kier molecular flexibility index (Phi) is 2.88. The number of rotatable bonds is 2. The molecule has 1 aromatic rings. The third-order valence-electron chi connectivity index (χ3n) is 2.30. The first kappa shape index (κ1) is 9.27. The zero-order valence-corrected chi connectivity index (χ0v) is 8.33. The Morgan fingerprint density at radius 1 is 1.25 bits per heavy atom. The highest BCUT2D eigenvalue weighted by molar-refractivity contribution is 5.24. The molecule has 0 aliphatic carbocycles. The first-order chi connectivity index (χ1) is 5.61. The molecule has 0 unspecified atom stereocenters. The van der Waals surface area contributed by atoms with E-state index in [1.54, 1.807) is 0 Å². The van der Waals surface area contributed by atoms with Crippen molar-refractivity contribution in [3.63, 3.8) is 0 Å². The lowest BCUT2D eigenvalue weighted by atomic mass is 10.1. The average Bonchev–Trinajstić information content (AvgIpc) is 2.03. The van der Waals surface area contributed by atoms with Crippen LogP contribution in [0.1, 0.15) is 24.1 Å². The van der Waals surface area contributed by atoms with E-state index in [0.717, 1.165) is 0 Å². The number of hydrogen-bond acceptors (Lipinski definition) is 1. The van der Waals surface area contributed by atoms with E-state index in [1.807, 2.05) is 0 Å². The fourth-order valence-corrected chi connectivity index (χ4v) is 1.23. The summed E-state index contributed by atoms with van der Waals surface area (Å²) in [7, 11) is 4.21. The van der Waals surface area contributed by atoms with Gasteiger partial charge in [-0.05, 0) is 33.5 Å². The molecule has 0 saturated carbocycles. The van der Waals surface area contributed by atoms with Crippen molar-refractivity contribution in [3.8, 4) is 0 Å². The molecule has 0 radical (unpaired) electrons. The lowest BCUT2D eigenvalue weighted by Crippen LogP contribution is -2.16. The quantitative estimate of drug-likeness (QED) is 0.647. The van der Waals surface area contributed by atoms with E-state index in [-0.39, 0.29) is 0 Å². The van der Waals surface area contributed by atoms with Gasteiger partial charge in [0.2, 0.25) is 0 Å². The van der Waals surface area contributed by atoms with Crippen LogP contribution in [0.5, 0.6) is 0 Å². The normalized spacial score (nSPS) is 13.4. The van der Waals surface area contributed by atoms with Crippen LogP contribution in [0.25, 0.3) is 0 Å². The second-order valence-corrected chi connectivity index (χ2v) is 3.55.